The number of nitrogens with zero attached hydrogens (tertiary/aromatic N) is 1. The summed E-state index contributed by atoms with van der Waals surface area (Å²) in [5.74, 6) is -2.23. The van der Waals surface area contributed by atoms with Crippen molar-refractivity contribution in [3.63, 3.8) is 0 Å². The van der Waals surface area contributed by atoms with E-state index in [1.54, 1.807) is 0 Å². The third-order valence-corrected chi connectivity index (χ3v) is 5.11. The third-order valence-electron chi connectivity index (χ3n) is 4.20. The lowest BCUT2D eigenvalue weighted by Crippen LogP contribution is -2.33. The highest BCUT2D eigenvalue weighted by atomic mass is 32.2. The molecule has 1 aromatic carbocycles. The molecule has 0 saturated carbocycles. The van der Waals surface area contributed by atoms with Gasteiger partial charge in [0.2, 0.25) is 0 Å². The van der Waals surface area contributed by atoms with Crippen molar-refractivity contribution < 1.29 is 33.0 Å². The first-order chi connectivity index (χ1) is 12.1. The molecule has 0 aromatic heterocycles. The second-order valence-corrected chi connectivity index (χ2v) is 6.90. The van der Waals surface area contributed by atoms with E-state index in [1.807, 2.05) is 13.8 Å². The Labute approximate surface area is 152 Å². The second-order valence-electron chi connectivity index (χ2n) is 5.91. The lowest BCUT2D eigenvalue weighted by Gasteiger charge is -2.19. The van der Waals surface area contributed by atoms with E-state index in [9.17, 15) is 33.0 Å². The van der Waals surface area contributed by atoms with Crippen LogP contribution in [-0.2, 0) is 11.0 Å². The number of phenolic OH excluding ortho intramolecular Hbond substituents is 2. The monoisotopic (exact) mass is 389 g/mol. The van der Waals surface area contributed by atoms with Crippen molar-refractivity contribution in [2.24, 2.45) is 5.92 Å². The van der Waals surface area contributed by atoms with Crippen molar-refractivity contribution in [2.75, 3.05) is 6.54 Å². The van der Waals surface area contributed by atoms with Gasteiger partial charge in [-0.2, -0.15) is 13.2 Å². The van der Waals surface area contributed by atoms with E-state index in [1.165, 1.54) is 0 Å². The maximum atomic E-state index is 12.9. The Morgan fingerprint density at radius 2 is 1.81 bits per heavy atom. The summed E-state index contributed by atoms with van der Waals surface area (Å²) < 4.78 is 38.6. The zero-order valence-electron chi connectivity index (χ0n) is 14.1. The number of hydrogen-bond donors (Lipinski definition) is 2. The molecule has 0 aliphatic carbocycles. The molecular weight excluding hydrogens is 371 g/mol. The molecule has 1 aliphatic rings. The minimum absolute atomic E-state index is 0.102. The summed E-state index contributed by atoms with van der Waals surface area (Å²) in [5, 5.41) is 18.8. The zero-order valence-corrected chi connectivity index (χ0v) is 14.9. The van der Waals surface area contributed by atoms with Gasteiger partial charge in [-0.3, -0.25) is 14.5 Å². The van der Waals surface area contributed by atoms with Crippen molar-refractivity contribution in [1.29, 1.82) is 0 Å². The highest BCUT2D eigenvalue weighted by molar-refractivity contribution is 8.18. The number of amides is 2. The van der Waals surface area contributed by atoms with Crippen molar-refractivity contribution in [3.8, 4) is 11.5 Å². The highest BCUT2D eigenvalue weighted by Crippen LogP contribution is 2.41. The van der Waals surface area contributed by atoms with Gasteiger partial charge in [0.1, 0.15) is 0 Å². The van der Waals surface area contributed by atoms with Crippen LogP contribution < -0.4 is 0 Å². The smallest absolute Gasteiger partial charge is 0.416 e. The third kappa shape index (κ3) is 4.14. The number of phenols is 2. The number of halogens is 3. The molecule has 2 amide bonds. The largest absolute Gasteiger partial charge is 0.504 e. The van der Waals surface area contributed by atoms with Crippen LogP contribution in [0.5, 0.6) is 11.5 Å². The van der Waals surface area contributed by atoms with Crippen LogP contribution in [-0.4, -0.2) is 32.8 Å². The fourth-order valence-corrected chi connectivity index (χ4v) is 3.36. The number of imide groups is 1. The quantitative estimate of drug-likeness (QED) is 0.569. The predicted molar refractivity (Wildman–Crippen MR) is 91.5 cm³/mol. The van der Waals surface area contributed by atoms with E-state index >= 15 is 0 Å². The van der Waals surface area contributed by atoms with Crippen LogP contribution >= 0.6 is 11.8 Å². The van der Waals surface area contributed by atoms with Crippen molar-refractivity contribution in [2.45, 2.75) is 32.9 Å². The highest BCUT2D eigenvalue weighted by Gasteiger charge is 2.37. The van der Waals surface area contributed by atoms with Gasteiger partial charge in [0, 0.05) is 12.1 Å². The Morgan fingerprint density at radius 3 is 2.35 bits per heavy atom. The standard InChI is InChI=1S/C17H18F3NO4S/c1-3-9(4-2)8-21-15(24)13(26-16(21)25)6-10-5-11(17(18,19)20)7-12(22)14(10)23/h5-7,9,22-23H,3-4,8H2,1-2H3/b13-6-. The molecule has 0 atom stereocenters. The van der Waals surface area contributed by atoms with E-state index < -0.39 is 34.4 Å². The summed E-state index contributed by atoms with van der Waals surface area (Å²) >= 11 is 0.592. The minimum atomic E-state index is -4.73. The molecule has 1 saturated heterocycles. The minimum Gasteiger partial charge on any atom is -0.504 e. The fraction of sp³-hybridized carbons (Fsp3) is 0.412. The maximum absolute atomic E-state index is 12.9. The van der Waals surface area contributed by atoms with Gasteiger partial charge >= 0.3 is 6.18 Å². The van der Waals surface area contributed by atoms with Gasteiger partial charge in [0.05, 0.1) is 10.5 Å². The first-order valence-electron chi connectivity index (χ1n) is 7.97. The van der Waals surface area contributed by atoms with Crippen molar-refractivity contribution in [1.82, 2.24) is 4.90 Å². The summed E-state index contributed by atoms with van der Waals surface area (Å²) in [4.78, 5) is 25.4. The van der Waals surface area contributed by atoms with Crippen LogP contribution in [0, 0.1) is 5.92 Å². The molecule has 0 spiro atoms. The summed E-state index contributed by atoms with van der Waals surface area (Å²) in [6.45, 7) is 4.11. The Kier molecular flexibility index (Phi) is 5.90. The molecule has 1 aliphatic heterocycles. The number of benzene rings is 1. The van der Waals surface area contributed by atoms with E-state index in [-0.39, 0.29) is 22.9 Å². The molecule has 2 N–H and O–H groups in total. The van der Waals surface area contributed by atoms with Gasteiger partial charge in [-0.05, 0) is 35.9 Å². The molecule has 1 fully saturated rings. The van der Waals surface area contributed by atoms with Crippen molar-refractivity contribution in [3.05, 3.63) is 28.2 Å². The summed E-state index contributed by atoms with van der Waals surface area (Å²) in [5.41, 5.74) is -1.55. The fourth-order valence-electron chi connectivity index (χ4n) is 2.52. The summed E-state index contributed by atoms with van der Waals surface area (Å²) in [7, 11) is 0. The molecule has 1 heterocycles. The number of thioether (sulfide) groups is 1. The maximum Gasteiger partial charge on any atom is 0.416 e. The average Bonchev–Trinajstić information content (AvgIpc) is 2.82. The summed E-state index contributed by atoms with van der Waals surface area (Å²) in [6, 6.07) is 1.01. The van der Waals surface area contributed by atoms with Crippen LogP contribution in [0.1, 0.15) is 37.8 Å². The van der Waals surface area contributed by atoms with Crippen LogP contribution in [0.3, 0.4) is 0 Å². The molecule has 0 radical (unpaired) electrons. The van der Waals surface area contributed by atoms with Gasteiger partial charge in [-0.15, -0.1) is 0 Å². The number of hydrogen-bond acceptors (Lipinski definition) is 5. The van der Waals surface area contributed by atoms with E-state index in [0.29, 0.717) is 23.9 Å². The van der Waals surface area contributed by atoms with Gasteiger partial charge in [-0.25, -0.2) is 0 Å². The van der Waals surface area contributed by atoms with Crippen molar-refractivity contribution >= 4 is 29.0 Å². The SMILES string of the molecule is CCC(CC)CN1C(=O)S/C(=C\c2cc(C(F)(F)F)cc(O)c2O)C1=O. The van der Waals surface area contributed by atoms with Gasteiger partial charge in [0.25, 0.3) is 11.1 Å². The molecule has 142 valence electrons. The van der Waals surface area contributed by atoms with E-state index in [4.69, 9.17) is 0 Å². The molecule has 2 rings (SSSR count). The number of carbonyl (C=O) groups is 2. The van der Waals surface area contributed by atoms with Gasteiger partial charge < -0.3 is 10.2 Å². The van der Waals surface area contributed by atoms with E-state index in [2.05, 4.69) is 0 Å². The van der Waals surface area contributed by atoms with Crippen LogP contribution in [0.2, 0.25) is 0 Å². The molecular formula is C17H18F3NO4S. The van der Waals surface area contributed by atoms with Crippen LogP contribution in [0.25, 0.3) is 6.08 Å². The normalized spacial score (nSPS) is 17.0. The Bertz CT molecular complexity index is 757. The number of rotatable bonds is 5. The Morgan fingerprint density at radius 1 is 1.19 bits per heavy atom. The molecule has 5 nitrogen and oxygen atoms in total. The molecule has 26 heavy (non-hydrogen) atoms. The molecule has 9 heteroatoms. The number of aromatic hydroxyl groups is 2. The average molecular weight is 389 g/mol. The van der Waals surface area contributed by atoms with Crippen LogP contribution in [0.4, 0.5) is 18.0 Å². The Balaban J connectivity index is 2.37. The lowest BCUT2D eigenvalue weighted by atomic mass is 10.0. The second kappa shape index (κ2) is 7.61. The number of alkyl halides is 3. The first kappa shape index (κ1) is 20.2. The lowest BCUT2D eigenvalue weighted by molar-refractivity contribution is -0.137. The number of carbonyl (C=O) groups excluding carboxylic acids is 2. The van der Waals surface area contributed by atoms with Gasteiger partial charge in [0.15, 0.2) is 11.5 Å². The summed E-state index contributed by atoms with van der Waals surface area (Å²) in [6.07, 6.45) is -2.19. The van der Waals surface area contributed by atoms with Gasteiger partial charge in [-0.1, -0.05) is 26.7 Å². The van der Waals surface area contributed by atoms with E-state index in [0.717, 1.165) is 23.8 Å². The topological polar surface area (TPSA) is 77.8 Å². The molecule has 0 bridgehead atoms. The predicted octanol–water partition coefficient (Wildman–Crippen LogP) is 4.59. The molecule has 0 unspecified atom stereocenters. The van der Waals surface area contributed by atoms with Crippen LogP contribution in [0.15, 0.2) is 17.0 Å². The Hall–Kier alpha value is -2.16. The zero-order chi connectivity index (χ0) is 19.6. The molecule has 1 aromatic rings. The first-order valence-corrected chi connectivity index (χ1v) is 8.78.